The Kier molecular flexibility index (Phi) is 7.39. The van der Waals surface area contributed by atoms with E-state index >= 15 is 0 Å². The van der Waals surface area contributed by atoms with Gasteiger partial charge in [0.25, 0.3) is 0 Å². The Morgan fingerprint density at radius 2 is 1.85 bits per heavy atom. The smallest absolute Gasteiger partial charge is 0.0474 e. The van der Waals surface area contributed by atoms with Crippen LogP contribution < -0.4 is 10.2 Å². The third-order valence-electron chi connectivity index (χ3n) is 3.57. The lowest BCUT2D eigenvalue weighted by atomic mass is 10.1. The molecule has 114 valence electrons. The number of benzene rings is 1. The maximum atomic E-state index is 6.49. The van der Waals surface area contributed by atoms with Gasteiger partial charge in [0.1, 0.15) is 0 Å². The highest BCUT2D eigenvalue weighted by Crippen LogP contribution is 2.29. The summed E-state index contributed by atoms with van der Waals surface area (Å²) in [4.78, 5) is 2.40. The molecule has 20 heavy (non-hydrogen) atoms. The van der Waals surface area contributed by atoms with Gasteiger partial charge in [0.15, 0.2) is 0 Å². The fraction of sp³-hybridized carbons (Fsp3) is 0.647. The first-order valence-corrected chi connectivity index (χ1v) is 8.18. The van der Waals surface area contributed by atoms with E-state index in [4.69, 9.17) is 11.6 Å². The van der Waals surface area contributed by atoms with E-state index < -0.39 is 0 Å². The molecule has 0 fully saturated rings. The zero-order valence-electron chi connectivity index (χ0n) is 13.5. The quantitative estimate of drug-likeness (QED) is 0.724. The predicted octanol–water partition coefficient (Wildman–Crippen LogP) is 5.03. The highest BCUT2D eigenvalue weighted by atomic mass is 35.5. The molecule has 0 bridgehead atoms. The summed E-state index contributed by atoms with van der Waals surface area (Å²) in [5.74, 6) is 0. The van der Waals surface area contributed by atoms with E-state index in [-0.39, 0.29) is 0 Å². The SMILES string of the molecule is CCCNC(C)c1ccc(N(CCC)C(C)C)cc1Cl. The molecular weight excluding hydrogens is 268 g/mol. The molecule has 1 unspecified atom stereocenters. The van der Waals surface area contributed by atoms with Gasteiger partial charge in [-0.15, -0.1) is 0 Å². The van der Waals surface area contributed by atoms with Crippen LogP contribution >= 0.6 is 11.6 Å². The first-order valence-electron chi connectivity index (χ1n) is 7.80. The standard InChI is InChI=1S/C17H29ClN2/c1-6-10-19-14(5)16-9-8-15(12-17(16)18)20(11-7-2)13(3)4/h8-9,12-14,19H,6-7,10-11H2,1-5H3. The third kappa shape index (κ3) is 4.68. The Morgan fingerprint density at radius 3 is 2.35 bits per heavy atom. The van der Waals surface area contributed by atoms with E-state index in [0.717, 1.165) is 31.0 Å². The fourth-order valence-electron chi connectivity index (χ4n) is 2.44. The lowest BCUT2D eigenvalue weighted by Gasteiger charge is -2.29. The monoisotopic (exact) mass is 296 g/mol. The van der Waals surface area contributed by atoms with Gasteiger partial charge in [-0.25, -0.2) is 0 Å². The summed E-state index contributed by atoms with van der Waals surface area (Å²) in [5, 5.41) is 4.35. The summed E-state index contributed by atoms with van der Waals surface area (Å²) in [6.07, 6.45) is 2.28. The van der Waals surface area contributed by atoms with Crippen molar-refractivity contribution in [2.45, 2.75) is 59.5 Å². The molecule has 0 saturated heterocycles. The van der Waals surface area contributed by atoms with Crippen molar-refractivity contribution in [3.8, 4) is 0 Å². The molecule has 0 amide bonds. The highest BCUT2D eigenvalue weighted by Gasteiger charge is 2.14. The lowest BCUT2D eigenvalue weighted by Crippen LogP contribution is -2.31. The fourth-order valence-corrected chi connectivity index (χ4v) is 2.78. The highest BCUT2D eigenvalue weighted by molar-refractivity contribution is 6.31. The number of hydrogen-bond acceptors (Lipinski definition) is 2. The minimum atomic E-state index is 0.301. The van der Waals surface area contributed by atoms with Gasteiger partial charge >= 0.3 is 0 Å². The van der Waals surface area contributed by atoms with Crippen LogP contribution in [0.25, 0.3) is 0 Å². The Hall–Kier alpha value is -0.730. The summed E-state index contributed by atoms with van der Waals surface area (Å²) in [5.41, 5.74) is 2.40. The van der Waals surface area contributed by atoms with E-state index in [2.05, 4.69) is 63.0 Å². The van der Waals surface area contributed by atoms with Crippen molar-refractivity contribution in [1.29, 1.82) is 0 Å². The molecule has 3 heteroatoms. The zero-order chi connectivity index (χ0) is 15.1. The Labute approximate surface area is 129 Å². The first-order chi connectivity index (χ1) is 9.51. The van der Waals surface area contributed by atoms with Gasteiger partial charge in [-0.1, -0.05) is 31.5 Å². The van der Waals surface area contributed by atoms with E-state index in [9.17, 15) is 0 Å². The van der Waals surface area contributed by atoms with Gasteiger partial charge in [-0.3, -0.25) is 0 Å². The molecule has 1 aromatic carbocycles. The van der Waals surface area contributed by atoms with E-state index in [1.807, 2.05) is 0 Å². The van der Waals surface area contributed by atoms with Crippen molar-refractivity contribution >= 4 is 17.3 Å². The molecule has 0 aliphatic rings. The number of nitrogens with one attached hydrogen (secondary N) is 1. The van der Waals surface area contributed by atoms with Crippen LogP contribution in [0.1, 0.15) is 59.1 Å². The second-order valence-electron chi connectivity index (χ2n) is 5.67. The average Bonchev–Trinajstić information content (AvgIpc) is 2.41. The number of rotatable bonds is 8. The van der Waals surface area contributed by atoms with Crippen LogP contribution in [0.15, 0.2) is 18.2 Å². The van der Waals surface area contributed by atoms with Crippen LogP contribution in [0.3, 0.4) is 0 Å². The third-order valence-corrected chi connectivity index (χ3v) is 3.90. The van der Waals surface area contributed by atoms with Crippen LogP contribution in [0, 0.1) is 0 Å². The molecule has 0 aliphatic heterocycles. The summed E-state index contributed by atoms with van der Waals surface area (Å²) < 4.78 is 0. The molecule has 0 aliphatic carbocycles. The van der Waals surface area contributed by atoms with Gasteiger partial charge in [-0.05, 0) is 57.9 Å². The molecule has 0 radical (unpaired) electrons. The molecule has 2 nitrogen and oxygen atoms in total. The van der Waals surface area contributed by atoms with Crippen LogP contribution in [-0.4, -0.2) is 19.1 Å². The summed E-state index contributed by atoms with van der Waals surface area (Å²) in [6.45, 7) is 13.1. The minimum Gasteiger partial charge on any atom is -0.369 e. The van der Waals surface area contributed by atoms with E-state index in [1.165, 1.54) is 11.3 Å². The molecule has 1 N–H and O–H groups in total. The van der Waals surface area contributed by atoms with Gasteiger partial charge in [0.2, 0.25) is 0 Å². The molecular formula is C17H29ClN2. The maximum absolute atomic E-state index is 6.49. The van der Waals surface area contributed by atoms with Crippen molar-refractivity contribution in [3.05, 3.63) is 28.8 Å². The van der Waals surface area contributed by atoms with Crippen molar-refractivity contribution in [1.82, 2.24) is 5.32 Å². The van der Waals surface area contributed by atoms with Gasteiger partial charge in [0, 0.05) is 29.3 Å². The minimum absolute atomic E-state index is 0.301. The summed E-state index contributed by atoms with van der Waals surface area (Å²) in [7, 11) is 0. The molecule has 0 heterocycles. The van der Waals surface area contributed by atoms with Gasteiger partial charge in [-0.2, -0.15) is 0 Å². The molecule has 1 aromatic rings. The van der Waals surface area contributed by atoms with E-state index in [1.54, 1.807) is 0 Å². The number of anilines is 1. The summed E-state index contributed by atoms with van der Waals surface area (Å²) in [6, 6.07) is 7.26. The average molecular weight is 297 g/mol. The predicted molar refractivity (Wildman–Crippen MR) is 90.9 cm³/mol. The Bertz CT molecular complexity index is 404. The Balaban J connectivity index is 2.91. The van der Waals surface area contributed by atoms with Crippen LogP contribution in [0.4, 0.5) is 5.69 Å². The van der Waals surface area contributed by atoms with Gasteiger partial charge < -0.3 is 10.2 Å². The van der Waals surface area contributed by atoms with Crippen LogP contribution in [-0.2, 0) is 0 Å². The Morgan fingerprint density at radius 1 is 1.15 bits per heavy atom. The first kappa shape index (κ1) is 17.3. The molecule has 0 spiro atoms. The second kappa shape index (κ2) is 8.53. The normalized spacial score (nSPS) is 12.8. The largest absolute Gasteiger partial charge is 0.369 e. The molecule has 1 rings (SSSR count). The van der Waals surface area contributed by atoms with Crippen molar-refractivity contribution < 1.29 is 0 Å². The number of halogens is 1. The van der Waals surface area contributed by atoms with Gasteiger partial charge in [0.05, 0.1) is 0 Å². The lowest BCUT2D eigenvalue weighted by molar-refractivity contribution is 0.570. The maximum Gasteiger partial charge on any atom is 0.0474 e. The summed E-state index contributed by atoms with van der Waals surface area (Å²) >= 11 is 6.49. The van der Waals surface area contributed by atoms with Crippen molar-refractivity contribution in [3.63, 3.8) is 0 Å². The van der Waals surface area contributed by atoms with E-state index in [0.29, 0.717) is 12.1 Å². The molecule has 1 atom stereocenters. The van der Waals surface area contributed by atoms with Crippen LogP contribution in [0.5, 0.6) is 0 Å². The topological polar surface area (TPSA) is 15.3 Å². The molecule has 0 saturated carbocycles. The van der Waals surface area contributed by atoms with Crippen molar-refractivity contribution in [2.75, 3.05) is 18.0 Å². The van der Waals surface area contributed by atoms with Crippen molar-refractivity contribution in [2.24, 2.45) is 0 Å². The number of nitrogens with zero attached hydrogens (tertiary/aromatic N) is 1. The number of hydrogen-bond donors (Lipinski definition) is 1. The zero-order valence-corrected chi connectivity index (χ0v) is 14.3. The molecule has 0 aromatic heterocycles. The second-order valence-corrected chi connectivity index (χ2v) is 6.08. The van der Waals surface area contributed by atoms with Crippen LogP contribution in [0.2, 0.25) is 5.02 Å².